The largest absolute Gasteiger partial charge is 0.493 e. The van der Waals surface area contributed by atoms with Gasteiger partial charge in [-0.15, -0.1) is 0 Å². The fraction of sp³-hybridized carbons (Fsp3) is 0.192. The van der Waals surface area contributed by atoms with E-state index >= 15 is 0 Å². The van der Waals surface area contributed by atoms with Crippen molar-refractivity contribution in [2.24, 2.45) is 0 Å². The summed E-state index contributed by atoms with van der Waals surface area (Å²) in [5.41, 5.74) is 2.71. The molecule has 0 aliphatic rings. The normalized spacial score (nSPS) is 10.8. The maximum Gasteiger partial charge on any atom is 0.253 e. The van der Waals surface area contributed by atoms with Gasteiger partial charge >= 0.3 is 0 Å². The number of hydrogen-bond donors (Lipinski definition) is 3. The average molecular weight is 481 g/mol. The van der Waals surface area contributed by atoms with Gasteiger partial charge in [-0.1, -0.05) is 0 Å². The monoisotopic (exact) mass is 481 g/mol. The fourth-order valence-corrected chi connectivity index (χ4v) is 3.90. The van der Waals surface area contributed by atoms with Gasteiger partial charge in [-0.25, -0.2) is 8.78 Å². The molecule has 182 valence electrons. The quantitative estimate of drug-likeness (QED) is 0.307. The lowest BCUT2D eigenvalue weighted by Crippen LogP contribution is -2.26. The second-order valence-corrected chi connectivity index (χ2v) is 7.74. The number of aromatic nitrogens is 1. The van der Waals surface area contributed by atoms with Crippen molar-refractivity contribution in [2.75, 3.05) is 33.2 Å². The van der Waals surface area contributed by atoms with Crippen LogP contribution in [0.5, 0.6) is 17.2 Å². The summed E-state index contributed by atoms with van der Waals surface area (Å²) in [6, 6.07) is 11.7. The van der Waals surface area contributed by atoms with E-state index in [0.717, 1.165) is 10.9 Å². The lowest BCUT2D eigenvalue weighted by molar-refractivity contribution is 0.0955. The zero-order valence-corrected chi connectivity index (χ0v) is 19.5. The molecular formula is C26H25F2N3O4. The fourth-order valence-electron chi connectivity index (χ4n) is 3.90. The first kappa shape index (κ1) is 23.9. The smallest absolute Gasteiger partial charge is 0.253 e. The Morgan fingerprint density at radius 3 is 2.29 bits per heavy atom. The summed E-state index contributed by atoms with van der Waals surface area (Å²) in [4.78, 5) is 16.0. The first-order valence-corrected chi connectivity index (χ1v) is 10.8. The molecule has 0 saturated carbocycles. The maximum absolute atomic E-state index is 14.1. The molecular weight excluding hydrogens is 456 g/mol. The van der Waals surface area contributed by atoms with Crippen LogP contribution in [0, 0.1) is 11.6 Å². The van der Waals surface area contributed by atoms with Gasteiger partial charge in [-0.05, 0) is 48.4 Å². The van der Waals surface area contributed by atoms with Crippen molar-refractivity contribution in [2.45, 2.75) is 6.42 Å². The molecule has 0 fully saturated rings. The van der Waals surface area contributed by atoms with Crippen LogP contribution in [0.3, 0.4) is 0 Å². The number of hydrogen-bond acceptors (Lipinski definition) is 5. The van der Waals surface area contributed by atoms with Crippen LogP contribution in [0.4, 0.5) is 20.2 Å². The van der Waals surface area contributed by atoms with Crippen LogP contribution in [-0.2, 0) is 6.42 Å². The van der Waals surface area contributed by atoms with E-state index in [-0.39, 0.29) is 23.0 Å². The Hall–Kier alpha value is -4.27. The molecule has 1 amide bonds. The number of H-pyrrole nitrogens is 1. The zero-order valence-electron chi connectivity index (χ0n) is 19.5. The predicted octanol–water partition coefficient (Wildman–Crippen LogP) is 5.19. The molecule has 0 radical (unpaired) electrons. The minimum atomic E-state index is -0.498. The highest BCUT2D eigenvalue weighted by molar-refractivity contribution is 6.00. The SMILES string of the molecule is COc1cc(Nc2cc(F)ccc2C(=O)NCCc2c[nH]c3cc(F)ccc23)cc(OC)c1OC. The molecule has 9 heteroatoms. The van der Waals surface area contributed by atoms with E-state index in [1.807, 2.05) is 0 Å². The van der Waals surface area contributed by atoms with Gasteiger partial charge in [0.15, 0.2) is 11.5 Å². The second-order valence-electron chi connectivity index (χ2n) is 7.74. The number of amides is 1. The molecule has 0 aliphatic carbocycles. The Morgan fingerprint density at radius 1 is 0.914 bits per heavy atom. The van der Waals surface area contributed by atoms with Gasteiger partial charge in [0.05, 0.1) is 32.6 Å². The topological polar surface area (TPSA) is 84.6 Å². The van der Waals surface area contributed by atoms with Crippen molar-refractivity contribution in [3.05, 3.63) is 77.5 Å². The van der Waals surface area contributed by atoms with Gasteiger partial charge in [0, 0.05) is 41.5 Å². The third-order valence-corrected chi connectivity index (χ3v) is 5.58. The van der Waals surface area contributed by atoms with Crippen LogP contribution in [0.25, 0.3) is 10.9 Å². The summed E-state index contributed by atoms with van der Waals surface area (Å²) < 4.78 is 43.5. The van der Waals surface area contributed by atoms with Crippen LogP contribution < -0.4 is 24.8 Å². The molecule has 0 bridgehead atoms. The summed E-state index contributed by atoms with van der Waals surface area (Å²) in [6.07, 6.45) is 2.33. The number of aromatic amines is 1. The van der Waals surface area contributed by atoms with Gasteiger partial charge in [-0.2, -0.15) is 0 Å². The molecule has 1 aromatic heterocycles. The molecule has 1 heterocycles. The van der Waals surface area contributed by atoms with Crippen molar-refractivity contribution in [1.29, 1.82) is 0 Å². The number of ether oxygens (including phenoxy) is 3. The van der Waals surface area contributed by atoms with Crippen LogP contribution >= 0.6 is 0 Å². The first-order chi connectivity index (χ1) is 16.9. The van der Waals surface area contributed by atoms with Crippen molar-refractivity contribution in [3.8, 4) is 17.2 Å². The molecule has 3 N–H and O–H groups in total. The molecule has 35 heavy (non-hydrogen) atoms. The van der Waals surface area contributed by atoms with Gasteiger partial charge in [-0.3, -0.25) is 4.79 Å². The van der Waals surface area contributed by atoms with E-state index < -0.39 is 5.82 Å². The number of carbonyl (C=O) groups excluding carboxylic acids is 1. The number of halogens is 2. The molecule has 0 aliphatic heterocycles. The lowest BCUT2D eigenvalue weighted by Gasteiger charge is -2.17. The van der Waals surface area contributed by atoms with E-state index in [0.29, 0.717) is 41.4 Å². The number of methoxy groups -OCH3 is 3. The third kappa shape index (κ3) is 5.13. The predicted molar refractivity (Wildman–Crippen MR) is 130 cm³/mol. The number of rotatable bonds is 9. The van der Waals surface area contributed by atoms with Gasteiger partial charge in [0.2, 0.25) is 5.75 Å². The van der Waals surface area contributed by atoms with Gasteiger partial charge in [0.25, 0.3) is 5.91 Å². The van der Waals surface area contributed by atoms with Crippen molar-refractivity contribution >= 4 is 28.2 Å². The van der Waals surface area contributed by atoms with Crippen molar-refractivity contribution in [1.82, 2.24) is 10.3 Å². The Labute approximate surface area is 201 Å². The lowest BCUT2D eigenvalue weighted by atomic mass is 10.1. The van der Waals surface area contributed by atoms with Crippen LogP contribution in [-0.4, -0.2) is 38.8 Å². The van der Waals surface area contributed by atoms with E-state index in [1.165, 1.54) is 51.7 Å². The third-order valence-electron chi connectivity index (χ3n) is 5.58. The Kier molecular flexibility index (Phi) is 7.05. The summed E-state index contributed by atoms with van der Waals surface area (Å²) in [6.45, 7) is 0.337. The van der Waals surface area contributed by atoms with Gasteiger partial charge < -0.3 is 29.8 Å². The van der Waals surface area contributed by atoms with E-state index in [2.05, 4.69) is 15.6 Å². The Bertz CT molecular complexity index is 1350. The van der Waals surface area contributed by atoms with Crippen LogP contribution in [0.15, 0.2) is 54.7 Å². The number of nitrogens with one attached hydrogen (secondary N) is 3. The minimum absolute atomic E-state index is 0.265. The van der Waals surface area contributed by atoms with E-state index in [1.54, 1.807) is 24.4 Å². The molecule has 4 rings (SSSR count). The van der Waals surface area contributed by atoms with E-state index in [9.17, 15) is 13.6 Å². The highest BCUT2D eigenvalue weighted by Gasteiger charge is 2.17. The summed E-state index contributed by atoms with van der Waals surface area (Å²) >= 11 is 0. The second kappa shape index (κ2) is 10.3. The Balaban J connectivity index is 1.51. The number of fused-ring (bicyclic) bond motifs is 1. The molecule has 0 saturated heterocycles. The molecule has 0 spiro atoms. The number of benzene rings is 3. The van der Waals surface area contributed by atoms with E-state index in [4.69, 9.17) is 14.2 Å². The summed E-state index contributed by atoms with van der Waals surface area (Å²) in [7, 11) is 4.48. The standard InChI is InChI=1S/C26H25F2N3O4/c1-33-23-12-18(13-24(34-2)25(23)35-3)31-22-11-17(28)5-7-20(22)26(32)29-9-8-15-14-30-21-10-16(27)4-6-19(15)21/h4-7,10-14,30-31H,8-9H2,1-3H3,(H,29,32). The van der Waals surface area contributed by atoms with Crippen LogP contribution in [0.1, 0.15) is 15.9 Å². The zero-order chi connectivity index (χ0) is 24.9. The molecule has 0 unspecified atom stereocenters. The first-order valence-electron chi connectivity index (χ1n) is 10.8. The van der Waals surface area contributed by atoms with Crippen LogP contribution in [0.2, 0.25) is 0 Å². The highest BCUT2D eigenvalue weighted by atomic mass is 19.1. The van der Waals surface area contributed by atoms with Crippen molar-refractivity contribution < 1.29 is 27.8 Å². The molecule has 4 aromatic rings. The minimum Gasteiger partial charge on any atom is -0.493 e. The maximum atomic E-state index is 14.1. The molecule has 3 aromatic carbocycles. The molecule has 7 nitrogen and oxygen atoms in total. The highest BCUT2D eigenvalue weighted by Crippen LogP contribution is 2.41. The number of anilines is 2. The Morgan fingerprint density at radius 2 is 1.60 bits per heavy atom. The summed E-state index contributed by atoms with van der Waals surface area (Å²) in [5, 5.41) is 6.83. The number of carbonyl (C=O) groups is 1. The molecule has 0 atom stereocenters. The average Bonchev–Trinajstić information content (AvgIpc) is 3.25. The summed E-state index contributed by atoms with van der Waals surface area (Å²) in [5.74, 6) is 0.0551. The van der Waals surface area contributed by atoms with Crippen molar-refractivity contribution in [3.63, 3.8) is 0 Å². The van der Waals surface area contributed by atoms with Gasteiger partial charge in [0.1, 0.15) is 11.6 Å².